The van der Waals surface area contributed by atoms with E-state index in [1.165, 1.54) is 12.1 Å². The highest BCUT2D eigenvalue weighted by Crippen LogP contribution is 2.52. The summed E-state index contributed by atoms with van der Waals surface area (Å²) < 4.78 is 0. The van der Waals surface area contributed by atoms with Crippen molar-refractivity contribution in [1.29, 1.82) is 0 Å². The van der Waals surface area contributed by atoms with Gasteiger partial charge < -0.3 is 10.4 Å². The number of rotatable bonds is 4. The lowest BCUT2D eigenvalue weighted by atomic mass is 10.1. The van der Waals surface area contributed by atoms with Crippen LogP contribution in [-0.4, -0.2) is 21.9 Å². The molecule has 1 unspecified atom stereocenters. The van der Waals surface area contributed by atoms with E-state index in [-0.39, 0.29) is 28.5 Å². The molecule has 1 aromatic rings. The highest BCUT2D eigenvalue weighted by molar-refractivity contribution is 5.98. The number of nitro groups is 1. The minimum Gasteiger partial charge on any atom is -0.478 e. The Labute approximate surface area is 114 Å². The summed E-state index contributed by atoms with van der Waals surface area (Å²) >= 11 is 0. The quantitative estimate of drug-likeness (QED) is 0.648. The van der Waals surface area contributed by atoms with Crippen LogP contribution >= 0.6 is 0 Å². The van der Waals surface area contributed by atoms with E-state index in [4.69, 9.17) is 5.11 Å². The lowest BCUT2D eigenvalue weighted by Gasteiger charge is -2.07. The standard InChI is InChI=1S/C13H14N2O5/c1-13(2)6-8(13)11(16)14-9-4-3-7(12(17)18)5-10(9)15(19)20/h3-5,8H,6H2,1-2H3,(H,14,16)(H,17,18). The summed E-state index contributed by atoms with van der Waals surface area (Å²) in [6, 6.07) is 3.41. The largest absolute Gasteiger partial charge is 0.478 e. The van der Waals surface area contributed by atoms with Crippen molar-refractivity contribution in [3.63, 3.8) is 0 Å². The van der Waals surface area contributed by atoms with Crippen LogP contribution in [0.25, 0.3) is 0 Å². The van der Waals surface area contributed by atoms with Crippen molar-refractivity contribution in [2.24, 2.45) is 11.3 Å². The van der Waals surface area contributed by atoms with Crippen LogP contribution in [0.3, 0.4) is 0 Å². The molecule has 0 saturated heterocycles. The molecular formula is C13H14N2O5. The van der Waals surface area contributed by atoms with Crippen LogP contribution in [0.2, 0.25) is 0 Å². The Kier molecular flexibility index (Phi) is 3.21. The van der Waals surface area contributed by atoms with E-state index in [2.05, 4.69) is 5.32 Å². The predicted molar refractivity (Wildman–Crippen MR) is 70.6 cm³/mol. The number of anilines is 1. The topological polar surface area (TPSA) is 110 Å². The number of benzene rings is 1. The molecule has 1 amide bonds. The van der Waals surface area contributed by atoms with Gasteiger partial charge in [-0.2, -0.15) is 0 Å². The Morgan fingerprint density at radius 3 is 2.50 bits per heavy atom. The predicted octanol–water partition coefficient (Wildman–Crippen LogP) is 2.28. The first-order valence-electron chi connectivity index (χ1n) is 6.05. The molecule has 1 saturated carbocycles. The molecule has 1 atom stereocenters. The zero-order chi connectivity index (χ0) is 15.1. The summed E-state index contributed by atoms with van der Waals surface area (Å²) in [5.74, 6) is -1.70. The Bertz CT molecular complexity index is 609. The minimum absolute atomic E-state index is 0.0210. The number of carboxylic acids is 1. The smallest absolute Gasteiger partial charge is 0.335 e. The van der Waals surface area contributed by atoms with Crippen molar-refractivity contribution >= 4 is 23.3 Å². The number of nitrogens with one attached hydrogen (secondary N) is 1. The van der Waals surface area contributed by atoms with Gasteiger partial charge in [0.25, 0.3) is 5.69 Å². The number of nitro benzene ring substituents is 1. The van der Waals surface area contributed by atoms with Crippen LogP contribution in [-0.2, 0) is 4.79 Å². The van der Waals surface area contributed by atoms with Gasteiger partial charge in [-0.3, -0.25) is 14.9 Å². The summed E-state index contributed by atoms with van der Waals surface area (Å²) in [5, 5.41) is 22.3. The van der Waals surface area contributed by atoms with E-state index < -0.39 is 16.6 Å². The molecule has 1 aromatic carbocycles. The van der Waals surface area contributed by atoms with Crippen molar-refractivity contribution < 1.29 is 19.6 Å². The summed E-state index contributed by atoms with van der Waals surface area (Å²) in [6.45, 7) is 3.89. The number of carbonyl (C=O) groups is 2. The van der Waals surface area contributed by atoms with Crippen LogP contribution < -0.4 is 5.32 Å². The van der Waals surface area contributed by atoms with Gasteiger partial charge in [0.15, 0.2) is 0 Å². The average Bonchev–Trinajstić information content (AvgIpc) is 2.98. The van der Waals surface area contributed by atoms with Gasteiger partial charge in [0, 0.05) is 12.0 Å². The third kappa shape index (κ3) is 2.61. The number of nitrogens with zero attached hydrogens (tertiary/aromatic N) is 1. The molecule has 1 fully saturated rings. The van der Waals surface area contributed by atoms with Gasteiger partial charge in [-0.25, -0.2) is 4.79 Å². The Morgan fingerprint density at radius 1 is 1.45 bits per heavy atom. The van der Waals surface area contributed by atoms with E-state index in [1.807, 2.05) is 13.8 Å². The third-order valence-electron chi connectivity index (χ3n) is 3.53. The second-order valence-corrected chi connectivity index (χ2v) is 5.53. The molecular weight excluding hydrogens is 264 g/mol. The maximum Gasteiger partial charge on any atom is 0.335 e. The van der Waals surface area contributed by atoms with Crippen molar-refractivity contribution in [2.45, 2.75) is 20.3 Å². The van der Waals surface area contributed by atoms with E-state index in [9.17, 15) is 19.7 Å². The van der Waals surface area contributed by atoms with Crippen LogP contribution in [0.5, 0.6) is 0 Å². The van der Waals surface area contributed by atoms with E-state index in [1.54, 1.807) is 0 Å². The average molecular weight is 278 g/mol. The molecule has 0 heterocycles. The molecule has 2 N–H and O–H groups in total. The van der Waals surface area contributed by atoms with Crippen LogP contribution in [0.1, 0.15) is 30.6 Å². The second kappa shape index (κ2) is 4.59. The van der Waals surface area contributed by atoms with Gasteiger partial charge in [0.1, 0.15) is 5.69 Å². The summed E-state index contributed by atoms with van der Waals surface area (Å²) in [7, 11) is 0. The molecule has 1 aliphatic carbocycles. The number of carbonyl (C=O) groups excluding carboxylic acids is 1. The fourth-order valence-corrected chi connectivity index (χ4v) is 2.06. The normalized spacial score (nSPS) is 19.2. The molecule has 0 spiro atoms. The first-order valence-corrected chi connectivity index (χ1v) is 6.05. The number of hydrogen-bond donors (Lipinski definition) is 2. The lowest BCUT2D eigenvalue weighted by molar-refractivity contribution is -0.384. The fraction of sp³-hybridized carbons (Fsp3) is 0.385. The van der Waals surface area contributed by atoms with E-state index in [0.29, 0.717) is 0 Å². The van der Waals surface area contributed by atoms with E-state index >= 15 is 0 Å². The molecule has 0 radical (unpaired) electrons. The van der Waals surface area contributed by atoms with Crippen molar-refractivity contribution in [1.82, 2.24) is 0 Å². The lowest BCUT2D eigenvalue weighted by Crippen LogP contribution is -2.17. The van der Waals surface area contributed by atoms with Gasteiger partial charge in [0.05, 0.1) is 10.5 Å². The second-order valence-electron chi connectivity index (χ2n) is 5.53. The number of carboxylic acid groups (broad SMARTS) is 1. The molecule has 20 heavy (non-hydrogen) atoms. The van der Waals surface area contributed by atoms with Gasteiger partial charge in [-0.15, -0.1) is 0 Å². The molecule has 7 heteroatoms. The summed E-state index contributed by atoms with van der Waals surface area (Å²) in [6.07, 6.45) is 0.736. The molecule has 2 rings (SSSR count). The summed E-state index contributed by atoms with van der Waals surface area (Å²) in [5.41, 5.74) is -0.675. The van der Waals surface area contributed by atoms with Gasteiger partial charge in [0.2, 0.25) is 5.91 Å². The molecule has 7 nitrogen and oxygen atoms in total. The van der Waals surface area contributed by atoms with Crippen molar-refractivity contribution in [3.8, 4) is 0 Å². The fourth-order valence-electron chi connectivity index (χ4n) is 2.06. The van der Waals surface area contributed by atoms with Gasteiger partial charge in [-0.1, -0.05) is 13.8 Å². The number of amides is 1. The monoisotopic (exact) mass is 278 g/mol. The maximum atomic E-state index is 11.9. The van der Waals surface area contributed by atoms with Crippen LogP contribution in [0.4, 0.5) is 11.4 Å². The minimum atomic E-state index is -1.26. The van der Waals surface area contributed by atoms with Gasteiger partial charge in [-0.05, 0) is 24.0 Å². The zero-order valence-electron chi connectivity index (χ0n) is 11.0. The van der Waals surface area contributed by atoms with Crippen LogP contribution in [0, 0.1) is 21.4 Å². The molecule has 0 aromatic heterocycles. The SMILES string of the molecule is CC1(C)CC1C(=O)Nc1ccc(C(=O)O)cc1[N+](=O)[O-]. The van der Waals surface area contributed by atoms with Crippen LogP contribution in [0.15, 0.2) is 18.2 Å². The Hall–Kier alpha value is -2.44. The van der Waals surface area contributed by atoms with Gasteiger partial charge >= 0.3 is 5.97 Å². The molecule has 106 valence electrons. The van der Waals surface area contributed by atoms with E-state index in [0.717, 1.165) is 12.5 Å². The molecule has 1 aliphatic rings. The molecule has 0 aliphatic heterocycles. The third-order valence-corrected chi connectivity index (χ3v) is 3.53. The number of hydrogen-bond acceptors (Lipinski definition) is 4. The maximum absolute atomic E-state index is 11.9. The highest BCUT2D eigenvalue weighted by atomic mass is 16.6. The Morgan fingerprint density at radius 2 is 2.05 bits per heavy atom. The first kappa shape index (κ1) is 14.0. The zero-order valence-corrected chi connectivity index (χ0v) is 11.0. The van der Waals surface area contributed by atoms with Crippen molar-refractivity contribution in [2.75, 3.05) is 5.32 Å². The molecule has 0 bridgehead atoms. The first-order chi connectivity index (χ1) is 9.22. The highest BCUT2D eigenvalue weighted by Gasteiger charge is 2.50. The Balaban J connectivity index is 2.25. The summed E-state index contributed by atoms with van der Waals surface area (Å²) in [4.78, 5) is 33.0. The number of aromatic carboxylic acids is 1. The van der Waals surface area contributed by atoms with Crippen molar-refractivity contribution in [3.05, 3.63) is 33.9 Å².